The summed E-state index contributed by atoms with van der Waals surface area (Å²) in [5.41, 5.74) is 4.13. The molecule has 1 aliphatic heterocycles. The van der Waals surface area contributed by atoms with Crippen molar-refractivity contribution >= 4 is 28.9 Å². The molecule has 3 aromatic rings. The van der Waals surface area contributed by atoms with Crippen LogP contribution in [-0.2, 0) is 6.42 Å². The zero-order valence-corrected chi connectivity index (χ0v) is 15.7. The largest absolute Gasteiger partial charge is 0.489 e. The number of fused-ring (bicyclic) bond motifs is 1. The first kappa shape index (κ1) is 17.3. The molecule has 4 rings (SSSR count). The Kier molecular flexibility index (Phi) is 5.05. The molecule has 4 heteroatoms. The molecule has 3 aromatic carbocycles. The van der Waals surface area contributed by atoms with Crippen LogP contribution in [-0.4, -0.2) is 12.6 Å². The summed E-state index contributed by atoms with van der Waals surface area (Å²) in [6, 6.07) is 22.0. The minimum atomic E-state index is 0.140. The van der Waals surface area contributed by atoms with Gasteiger partial charge in [0.05, 0.1) is 5.02 Å². The number of ether oxygens (including phenoxy) is 1. The fourth-order valence-electron chi connectivity index (χ4n) is 3.36. The van der Waals surface area contributed by atoms with Gasteiger partial charge < -0.3 is 10.1 Å². The molecule has 1 unspecified atom stereocenters. The molecule has 0 saturated heterocycles. The van der Waals surface area contributed by atoms with Gasteiger partial charge in [-0.25, -0.2) is 0 Å². The number of nitrogens with one attached hydrogen (secondary N) is 1. The fourth-order valence-corrected chi connectivity index (χ4v) is 3.84. The molecule has 0 radical (unpaired) electrons. The third kappa shape index (κ3) is 3.53. The van der Waals surface area contributed by atoms with E-state index < -0.39 is 0 Å². The second-order valence-electron chi connectivity index (χ2n) is 6.42. The normalized spacial score (nSPS) is 15.4. The van der Waals surface area contributed by atoms with Gasteiger partial charge in [0, 0.05) is 41.2 Å². The number of halogens is 2. The molecule has 0 bridgehead atoms. The molecule has 1 atom stereocenters. The summed E-state index contributed by atoms with van der Waals surface area (Å²) in [4.78, 5) is 0. The lowest BCUT2D eigenvalue weighted by atomic mass is 10.00. The van der Waals surface area contributed by atoms with Crippen LogP contribution in [0, 0.1) is 0 Å². The molecule has 132 valence electrons. The molecular weight excluding hydrogens is 365 g/mol. The van der Waals surface area contributed by atoms with Crippen LogP contribution in [0.25, 0.3) is 11.1 Å². The molecule has 1 heterocycles. The van der Waals surface area contributed by atoms with E-state index in [1.54, 1.807) is 0 Å². The number of hydrogen-bond donors (Lipinski definition) is 1. The lowest BCUT2D eigenvalue weighted by Crippen LogP contribution is -2.18. The Morgan fingerprint density at radius 1 is 0.885 bits per heavy atom. The second-order valence-corrected chi connectivity index (χ2v) is 7.23. The topological polar surface area (TPSA) is 21.3 Å². The number of benzene rings is 3. The van der Waals surface area contributed by atoms with Gasteiger partial charge >= 0.3 is 0 Å². The molecule has 1 aliphatic rings. The summed E-state index contributed by atoms with van der Waals surface area (Å²) in [6.45, 7) is 0.859. The number of rotatable bonds is 5. The first-order chi connectivity index (χ1) is 12.7. The Hall–Kier alpha value is -2.16. The number of para-hydroxylation sites is 1. The van der Waals surface area contributed by atoms with Crippen molar-refractivity contribution in [2.24, 2.45) is 0 Å². The molecular formula is C22H19Cl2NO. The summed E-state index contributed by atoms with van der Waals surface area (Å²) < 4.78 is 6.28. The standard InChI is InChI=1S/C22H19Cl2NO/c23-19-9-5-4-8-18(19)21-20(24)11-10-15-14-17(26-22(15)21)12-13-25-16-6-2-1-3-7-16/h1-11,17,25H,12-14H2. The number of anilines is 1. The smallest absolute Gasteiger partial charge is 0.132 e. The molecule has 1 N–H and O–H groups in total. The minimum Gasteiger partial charge on any atom is -0.489 e. The van der Waals surface area contributed by atoms with Crippen LogP contribution in [0.2, 0.25) is 10.0 Å². The molecule has 0 fully saturated rings. The minimum absolute atomic E-state index is 0.140. The van der Waals surface area contributed by atoms with Crippen molar-refractivity contribution in [3.8, 4) is 16.9 Å². The summed E-state index contributed by atoms with van der Waals surface area (Å²) in [5.74, 6) is 0.871. The summed E-state index contributed by atoms with van der Waals surface area (Å²) in [6.07, 6.45) is 1.95. The molecule has 0 aliphatic carbocycles. The van der Waals surface area contributed by atoms with Crippen LogP contribution < -0.4 is 10.1 Å². The Balaban J connectivity index is 1.51. The van der Waals surface area contributed by atoms with Gasteiger partial charge in [-0.05, 0) is 29.8 Å². The Bertz CT molecular complexity index is 911. The molecule has 0 amide bonds. The Morgan fingerprint density at radius 3 is 2.46 bits per heavy atom. The second kappa shape index (κ2) is 7.61. The van der Waals surface area contributed by atoms with Crippen molar-refractivity contribution in [1.29, 1.82) is 0 Å². The van der Waals surface area contributed by atoms with Crippen molar-refractivity contribution in [1.82, 2.24) is 0 Å². The van der Waals surface area contributed by atoms with E-state index in [0.29, 0.717) is 10.0 Å². The van der Waals surface area contributed by atoms with Gasteiger partial charge in [0.1, 0.15) is 11.9 Å². The summed E-state index contributed by atoms with van der Waals surface area (Å²) >= 11 is 12.9. The zero-order chi connectivity index (χ0) is 17.9. The van der Waals surface area contributed by atoms with Crippen LogP contribution in [0.5, 0.6) is 5.75 Å². The predicted molar refractivity (Wildman–Crippen MR) is 110 cm³/mol. The van der Waals surface area contributed by atoms with E-state index in [2.05, 4.69) is 23.5 Å². The third-order valence-electron chi connectivity index (χ3n) is 4.63. The van der Waals surface area contributed by atoms with Gasteiger partial charge in [0.15, 0.2) is 0 Å². The van der Waals surface area contributed by atoms with Crippen LogP contribution in [0.4, 0.5) is 5.69 Å². The van der Waals surface area contributed by atoms with Gasteiger partial charge in [0.25, 0.3) is 0 Å². The zero-order valence-electron chi connectivity index (χ0n) is 14.2. The molecule has 0 aromatic heterocycles. The quantitative estimate of drug-likeness (QED) is 0.545. The van der Waals surface area contributed by atoms with E-state index in [1.807, 2.05) is 48.5 Å². The maximum atomic E-state index is 6.50. The molecule has 0 spiro atoms. The van der Waals surface area contributed by atoms with Crippen LogP contribution in [0.1, 0.15) is 12.0 Å². The SMILES string of the molecule is Clc1ccccc1-c1c(Cl)ccc2c1OC(CCNc1ccccc1)C2. The van der Waals surface area contributed by atoms with E-state index in [9.17, 15) is 0 Å². The predicted octanol–water partition coefficient (Wildman–Crippen LogP) is 6.47. The monoisotopic (exact) mass is 383 g/mol. The van der Waals surface area contributed by atoms with Crippen molar-refractivity contribution < 1.29 is 4.74 Å². The molecule has 2 nitrogen and oxygen atoms in total. The first-order valence-electron chi connectivity index (χ1n) is 8.74. The number of hydrogen-bond acceptors (Lipinski definition) is 2. The van der Waals surface area contributed by atoms with Gasteiger partial charge in [-0.2, -0.15) is 0 Å². The maximum absolute atomic E-state index is 6.50. The van der Waals surface area contributed by atoms with Gasteiger partial charge in [-0.3, -0.25) is 0 Å². The van der Waals surface area contributed by atoms with Gasteiger partial charge in [-0.1, -0.05) is 65.7 Å². The van der Waals surface area contributed by atoms with Gasteiger partial charge in [0.2, 0.25) is 0 Å². The highest BCUT2D eigenvalue weighted by molar-refractivity contribution is 6.37. The average molecular weight is 384 g/mol. The van der Waals surface area contributed by atoms with Crippen LogP contribution >= 0.6 is 23.2 Å². The highest BCUT2D eigenvalue weighted by Crippen LogP contribution is 2.45. The van der Waals surface area contributed by atoms with Crippen molar-refractivity contribution in [2.75, 3.05) is 11.9 Å². The third-order valence-corrected chi connectivity index (χ3v) is 5.28. The Labute approximate surface area is 163 Å². The highest BCUT2D eigenvalue weighted by atomic mass is 35.5. The molecule has 26 heavy (non-hydrogen) atoms. The van der Waals surface area contributed by atoms with E-state index in [0.717, 1.165) is 42.0 Å². The summed E-state index contributed by atoms with van der Waals surface area (Å²) in [5, 5.41) is 4.79. The van der Waals surface area contributed by atoms with Crippen molar-refractivity contribution in [3.63, 3.8) is 0 Å². The molecule has 0 saturated carbocycles. The lowest BCUT2D eigenvalue weighted by molar-refractivity contribution is 0.227. The van der Waals surface area contributed by atoms with E-state index >= 15 is 0 Å². The van der Waals surface area contributed by atoms with Gasteiger partial charge in [-0.15, -0.1) is 0 Å². The maximum Gasteiger partial charge on any atom is 0.132 e. The first-order valence-corrected chi connectivity index (χ1v) is 9.50. The average Bonchev–Trinajstić information content (AvgIpc) is 3.06. The fraction of sp³-hybridized carbons (Fsp3) is 0.182. The highest BCUT2D eigenvalue weighted by Gasteiger charge is 2.27. The van der Waals surface area contributed by atoms with E-state index in [4.69, 9.17) is 27.9 Å². The Morgan fingerprint density at radius 2 is 1.65 bits per heavy atom. The summed E-state index contributed by atoms with van der Waals surface area (Å²) in [7, 11) is 0. The van der Waals surface area contributed by atoms with Crippen LogP contribution in [0.15, 0.2) is 66.7 Å². The van der Waals surface area contributed by atoms with E-state index in [-0.39, 0.29) is 6.10 Å². The van der Waals surface area contributed by atoms with Crippen molar-refractivity contribution in [3.05, 3.63) is 82.3 Å². The van der Waals surface area contributed by atoms with E-state index in [1.165, 1.54) is 5.56 Å². The lowest BCUT2D eigenvalue weighted by Gasteiger charge is -2.15. The van der Waals surface area contributed by atoms with Crippen LogP contribution in [0.3, 0.4) is 0 Å². The van der Waals surface area contributed by atoms with Crippen molar-refractivity contribution in [2.45, 2.75) is 18.9 Å².